The molecule has 0 radical (unpaired) electrons. The molecule has 80 valence electrons. The molecule has 0 saturated heterocycles. The van der Waals surface area contributed by atoms with Gasteiger partial charge in [-0.2, -0.15) is 0 Å². The summed E-state index contributed by atoms with van der Waals surface area (Å²) in [6, 6.07) is 6.94. The van der Waals surface area contributed by atoms with Crippen LogP contribution < -0.4 is 10.1 Å². The van der Waals surface area contributed by atoms with E-state index in [0.29, 0.717) is 18.7 Å². The number of methoxy groups -OCH3 is 1. The van der Waals surface area contributed by atoms with Crippen molar-refractivity contribution in [3.8, 4) is 5.75 Å². The predicted molar refractivity (Wildman–Crippen MR) is 59.7 cm³/mol. The third-order valence-electron chi connectivity index (χ3n) is 1.91. The second-order valence-electron chi connectivity index (χ2n) is 2.93. The Hall–Kier alpha value is -1.84. The number of nitrogens with one attached hydrogen (secondary N) is 1. The Morgan fingerprint density at radius 2 is 2.13 bits per heavy atom. The van der Waals surface area contributed by atoms with E-state index >= 15 is 0 Å². The molecule has 0 atom stereocenters. The summed E-state index contributed by atoms with van der Waals surface area (Å²) in [5, 5.41) is 2.72. The van der Waals surface area contributed by atoms with E-state index < -0.39 is 0 Å². The van der Waals surface area contributed by atoms with Crippen LogP contribution in [0.25, 0.3) is 0 Å². The minimum atomic E-state index is -0.110. The number of ether oxygens (including phenoxy) is 1. The lowest BCUT2D eigenvalue weighted by atomic mass is 10.2. The van der Waals surface area contributed by atoms with Crippen molar-refractivity contribution in [3.05, 3.63) is 29.8 Å². The number of aliphatic imine (C=N–C) groups is 1. The molecule has 1 aromatic rings. The van der Waals surface area contributed by atoms with Crippen LogP contribution in [0.2, 0.25) is 0 Å². The summed E-state index contributed by atoms with van der Waals surface area (Å²) < 4.78 is 4.99. The lowest BCUT2D eigenvalue weighted by Crippen LogP contribution is -2.25. The Kier molecular flexibility index (Phi) is 4.34. The zero-order valence-electron chi connectivity index (χ0n) is 8.69. The normalized spacial score (nSPS) is 9.40. The molecule has 0 heterocycles. The third-order valence-corrected chi connectivity index (χ3v) is 1.91. The summed E-state index contributed by atoms with van der Waals surface area (Å²) >= 11 is 0. The molecule has 0 aliphatic heterocycles. The lowest BCUT2D eigenvalue weighted by Gasteiger charge is -2.04. The van der Waals surface area contributed by atoms with Crippen molar-refractivity contribution in [2.75, 3.05) is 20.2 Å². The number of hydrogen-bond acceptors (Lipinski definition) is 3. The maximum Gasteiger partial charge on any atom is 0.251 e. The van der Waals surface area contributed by atoms with Gasteiger partial charge in [-0.05, 0) is 31.0 Å². The average Bonchev–Trinajstić information content (AvgIpc) is 2.29. The highest BCUT2D eigenvalue weighted by molar-refractivity contribution is 5.94. The van der Waals surface area contributed by atoms with Gasteiger partial charge in [0.15, 0.2) is 0 Å². The van der Waals surface area contributed by atoms with Gasteiger partial charge >= 0.3 is 0 Å². The minimum absolute atomic E-state index is 0.110. The van der Waals surface area contributed by atoms with Gasteiger partial charge in [0.05, 0.1) is 13.7 Å². The van der Waals surface area contributed by atoms with E-state index in [2.05, 4.69) is 17.0 Å². The van der Waals surface area contributed by atoms with Gasteiger partial charge in [0.25, 0.3) is 5.91 Å². The first kappa shape index (κ1) is 11.2. The van der Waals surface area contributed by atoms with Crippen molar-refractivity contribution in [2.24, 2.45) is 4.99 Å². The van der Waals surface area contributed by atoms with Crippen LogP contribution in [0.15, 0.2) is 29.3 Å². The number of hydrogen-bond donors (Lipinski definition) is 1. The van der Waals surface area contributed by atoms with Gasteiger partial charge in [-0.15, -0.1) is 0 Å². The third kappa shape index (κ3) is 3.42. The van der Waals surface area contributed by atoms with E-state index in [4.69, 9.17) is 4.74 Å². The van der Waals surface area contributed by atoms with Crippen LogP contribution in [0.4, 0.5) is 0 Å². The Labute approximate surface area is 89.0 Å². The summed E-state index contributed by atoms with van der Waals surface area (Å²) in [5.74, 6) is 0.626. The number of benzene rings is 1. The van der Waals surface area contributed by atoms with E-state index in [1.165, 1.54) is 0 Å². The molecule has 1 amide bonds. The van der Waals surface area contributed by atoms with Crippen molar-refractivity contribution in [1.82, 2.24) is 5.32 Å². The number of carbonyl (C=O) groups is 1. The molecule has 0 fully saturated rings. The first-order valence-electron chi connectivity index (χ1n) is 4.62. The standard InChI is InChI=1S/C11H14N2O2/c1-12-7-8-13-11(14)9-3-5-10(15-2)6-4-9/h3-6H,1,7-8H2,2H3,(H,13,14). The Morgan fingerprint density at radius 3 is 2.67 bits per heavy atom. The van der Waals surface area contributed by atoms with Crippen LogP contribution in [0.1, 0.15) is 10.4 Å². The smallest absolute Gasteiger partial charge is 0.251 e. The summed E-state index contributed by atoms with van der Waals surface area (Å²) in [5.41, 5.74) is 0.611. The molecule has 0 saturated carbocycles. The topological polar surface area (TPSA) is 50.7 Å². The number of rotatable bonds is 5. The van der Waals surface area contributed by atoms with Crippen molar-refractivity contribution >= 4 is 12.6 Å². The van der Waals surface area contributed by atoms with Gasteiger partial charge in [-0.1, -0.05) is 0 Å². The highest BCUT2D eigenvalue weighted by atomic mass is 16.5. The minimum Gasteiger partial charge on any atom is -0.497 e. The highest BCUT2D eigenvalue weighted by Gasteiger charge is 2.03. The molecule has 1 aromatic carbocycles. The zero-order valence-corrected chi connectivity index (χ0v) is 8.69. The summed E-state index contributed by atoms with van der Waals surface area (Å²) in [6.07, 6.45) is 0. The van der Waals surface area contributed by atoms with Crippen molar-refractivity contribution in [2.45, 2.75) is 0 Å². The van der Waals surface area contributed by atoms with Crippen LogP contribution in [-0.4, -0.2) is 32.8 Å². The van der Waals surface area contributed by atoms with E-state index in [1.54, 1.807) is 31.4 Å². The fourth-order valence-corrected chi connectivity index (χ4v) is 1.09. The molecule has 0 spiro atoms. The lowest BCUT2D eigenvalue weighted by molar-refractivity contribution is 0.0955. The predicted octanol–water partition coefficient (Wildman–Crippen LogP) is 1.13. The molecule has 0 aromatic heterocycles. The van der Waals surface area contributed by atoms with Gasteiger partial charge in [-0.3, -0.25) is 9.79 Å². The molecular weight excluding hydrogens is 192 g/mol. The molecule has 0 bridgehead atoms. The molecule has 0 aliphatic carbocycles. The van der Waals surface area contributed by atoms with Crippen LogP contribution >= 0.6 is 0 Å². The average molecular weight is 206 g/mol. The van der Waals surface area contributed by atoms with Crippen LogP contribution in [0.3, 0.4) is 0 Å². The van der Waals surface area contributed by atoms with Crippen molar-refractivity contribution in [3.63, 3.8) is 0 Å². The van der Waals surface area contributed by atoms with E-state index in [0.717, 1.165) is 5.75 Å². The second kappa shape index (κ2) is 5.80. The summed E-state index contributed by atoms with van der Waals surface area (Å²) in [4.78, 5) is 15.1. The van der Waals surface area contributed by atoms with Crippen LogP contribution in [-0.2, 0) is 0 Å². The number of carbonyl (C=O) groups excluding carboxylic acids is 1. The van der Waals surface area contributed by atoms with Gasteiger partial charge in [0.1, 0.15) is 5.75 Å². The van der Waals surface area contributed by atoms with Crippen molar-refractivity contribution in [1.29, 1.82) is 0 Å². The highest BCUT2D eigenvalue weighted by Crippen LogP contribution is 2.10. The van der Waals surface area contributed by atoms with E-state index in [1.807, 2.05) is 0 Å². The van der Waals surface area contributed by atoms with Gasteiger partial charge in [0.2, 0.25) is 0 Å². The number of nitrogens with zero attached hydrogens (tertiary/aromatic N) is 1. The SMILES string of the molecule is C=NCCNC(=O)c1ccc(OC)cc1. The monoisotopic (exact) mass is 206 g/mol. The van der Waals surface area contributed by atoms with Gasteiger partial charge < -0.3 is 10.1 Å². The van der Waals surface area contributed by atoms with Crippen LogP contribution in [0, 0.1) is 0 Å². The largest absolute Gasteiger partial charge is 0.497 e. The zero-order chi connectivity index (χ0) is 11.1. The Morgan fingerprint density at radius 1 is 1.47 bits per heavy atom. The first-order valence-corrected chi connectivity index (χ1v) is 4.62. The maximum absolute atomic E-state index is 11.5. The summed E-state index contributed by atoms with van der Waals surface area (Å²) in [6.45, 7) is 4.37. The molecular formula is C11H14N2O2. The molecule has 0 unspecified atom stereocenters. The maximum atomic E-state index is 11.5. The molecule has 0 aliphatic rings. The Balaban J connectivity index is 2.54. The molecule has 4 nitrogen and oxygen atoms in total. The van der Waals surface area contributed by atoms with E-state index in [9.17, 15) is 4.79 Å². The van der Waals surface area contributed by atoms with Gasteiger partial charge in [0, 0.05) is 12.1 Å². The molecule has 1 N–H and O–H groups in total. The summed E-state index contributed by atoms with van der Waals surface area (Å²) in [7, 11) is 1.59. The molecule has 1 rings (SSSR count). The first-order chi connectivity index (χ1) is 7.27. The van der Waals surface area contributed by atoms with Crippen LogP contribution in [0.5, 0.6) is 5.75 Å². The molecule has 15 heavy (non-hydrogen) atoms. The Bertz CT molecular complexity index is 333. The fourth-order valence-electron chi connectivity index (χ4n) is 1.09. The quantitative estimate of drug-likeness (QED) is 0.580. The molecule has 4 heteroatoms. The van der Waals surface area contributed by atoms with E-state index in [-0.39, 0.29) is 5.91 Å². The van der Waals surface area contributed by atoms with Gasteiger partial charge in [-0.25, -0.2) is 0 Å². The van der Waals surface area contributed by atoms with Crippen molar-refractivity contribution < 1.29 is 9.53 Å². The second-order valence-corrected chi connectivity index (χ2v) is 2.93. The number of amides is 1. The fraction of sp³-hybridized carbons (Fsp3) is 0.273.